The predicted molar refractivity (Wildman–Crippen MR) is 106 cm³/mol. The van der Waals surface area contributed by atoms with E-state index in [1.165, 1.54) is 17.7 Å². The summed E-state index contributed by atoms with van der Waals surface area (Å²) in [4.78, 5) is 15.1. The molecule has 1 amide bonds. The molecule has 0 radical (unpaired) electrons. The van der Waals surface area contributed by atoms with Gasteiger partial charge in [-0.05, 0) is 63.4 Å². The number of hydrogen-bond donors (Lipinski definition) is 1. The minimum Gasteiger partial charge on any atom is -0.331 e. The van der Waals surface area contributed by atoms with Gasteiger partial charge in [0.2, 0.25) is 10.0 Å². The van der Waals surface area contributed by atoms with Gasteiger partial charge >= 0.3 is 0 Å². The highest BCUT2D eigenvalue weighted by Gasteiger charge is 2.33. The largest absolute Gasteiger partial charge is 0.331 e. The SMILES string of the molecule is Cc1ccc(CN(C(=O)c2ccc(S(=O)(=O)NC(C)C)cc2)C2CC2)cc1. The molecule has 0 aliphatic heterocycles. The minimum atomic E-state index is -3.55. The van der Waals surface area contributed by atoms with Gasteiger partial charge in [0.25, 0.3) is 5.91 Å². The van der Waals surface area contributed by atoms with E-state index in [9.17, 15) is 13.2 Å². The average molecular weight is 387 g/mol. The van der Waals surface area contributed by atoms with E-state index in [1.807, 2.05) is 36.1 Å². The van der Waals surface area contributed by atoms with Crippen LogP contribution >= 0.6 is 0 Å². The second kappa shape index (κ2) is 7.82. The van der Waals surface area contributed by atoms with E-state index < -0.39 is 10.0 Å². The van der Waals surface area contributed by atoms with Gasteiger partial charge in [-0.15, -0.1) is 0 Å². The summed E-state index contributed by atoms with van der Waals surface area (Å²) < 4.78 is 27.0. The molecule has 2 aromatic carbocycles. The Labute approximate surface area is 161 Å². The van der Waals surface area contributed by atoms with Crippen LogP contribution in [-0.2, 0) is 16.6 Å². The van der Waals surface area contributed by atoms with Crippen molar-refractivity contribution >= 4 is 15.9 Å². The molecule has 0 bridgehead atoms. The highest BCUT2D eigenvalue weighted by Crippen LogP contribution is 2.30. The number of hydrogen-bond acceptors (Lipinski definition) is 3. The van der Waals surface area contributed by atoms with Crippen LogP contribution in [0.5, 0.6) is 0 Å². The van der Waals surface area contributed by atoms with Crippen molar-refractivity contribution in [1.29, 1.82) is 0 Å². The van der Waals surface area contributed by atoms with Crippen LogP contribution in [0.4, 0.5) is 0 Å². The minimum absolute atomic E-state index is 0.0566. The topological polar surface area (TPSA) is 66.5 Å². The molecule has 1 aliphatic rings. The fourth-order valence-electron chi connectivity index (χ4n) is 2.96. The Morgan fingerprint density at radius 1 is 1.07 bits per heavy atom. The number of rotatable bonds is 7. The van der Waals surface area contributed by atoms with Crippen LogP contribution in [0.15, 0.2) is 53.4 Å². The van der Waals surface area contributed by atoms with Crippen LogP contribution in [0.1, 0.15) is 48.2 Å². The number of amides is 1. The van der Waals surface area contributed by atoms with Gasteiger partial charge in [-0.1, -0.05) is 29.8 Å². The molecule has 144 valence electrons. The Balaban J connectivity index is 1.77. The van der Waals surface area contributed by atoms with E-state index in [4.69, 9.17) is 0 Å². The molecule has 0 unspecified atom stereocenters. The number of nitrogens with one attached hydrogen (secondary N) is 1. The van der Waals surface area contributed by atoms with Crippen LogP contribution in [0.2, 0.25) is 0 Å². The van der Waals surface area contributed by atoms with E-state index in [1.54, 1.807) is 26.0 Å². The molecule has 0 atom stereocenters. The third kappa shape index (κ3) is 4.96. The normalized spacial score (nSPS) is 14.4. The molecule has 0 heterocycles. The number of aryl methyl sites for hydroxylation is 1. The molecule has 0 spiro atoms. The van der Waals surface area contributed by atoms with Crippen LogP contribution in [0.3, 0.4) is 0 Å². The molecular weight excluding hydrogens is 360 g/mol. The van der Waals surface area contributed by atoms with Crippen molar-refractivity contribution in [3.8, 4) is 0 Å². The van der Waals surface area contributed by atoms with Crippen LogP contribution in [-0.4, -0.2) is 31.3 Å². The molecule has 1 fully saturated rings. The first-order chi connectivity index (χ1) is 12.8. The van der Waals surface area contributed by atoms with Crippen LogP contribution in [0.25, 0.3) is 0 Å². The van der Waals surface area contributed by atoms with Gasteiger partial charge in [-0.25, -0.2) is 13.1 Å². The Morgan fingerprint density at radius 3 is 2.19 bits per heavy atom. The monoisotopic (exact) mass is 386 g/mol. The van der Waals surface area contributed by atoms with Gasteiger partial charge in [0.1, 0.15) is 0 Å². The summed E-state index contributed by atoms with van der Waals surface area (Å²) in [5, 5.41) is 0. The van der Waals surface area contributed by atoms with Crippen molar-refractivity contribution in [2.24, 2.45) is 0 Å². The summed E-state index contributed by atoms with van der Waals surface area (Å²) in [6.45, 7) is 6.15. The van der Waals surface area contributed by atoms with E-state index in [0.29, 0.717) is 12.1 Å². The highest BCUT2D eigenvalue weighted by molar-refractivity contribution is 7.89. The zero-order chi connectivity index (χ0) is 19.6. The van der Waals surface area contributed by atoms with Gasteiger partial charge in [0, 0.05) is 24.2 Å². The number of benzene rings is 2. The third-order valence-electron chi connectivity index (χ3n) is 4.52. The molecule has 27 heavy (non-hydrogen) atoms. The Kier molecular flexibility index (Phi) is 5.67. The third-order valence-corrected chi connectivity index (χ3v) is 6.20. The smallest absolute Gasteiger partial charge is 0.254 e. The molecule has 1 N–H and O–H groups in total. The molecule has 6 heteroatoms. The highest BCUT2D eigenvalue weighted by atomic mass is 32.2. The molecule has 1 aliphatic carbocycles. The van der Waals surface area contributed by atoms with Crippen molar-refractivity contribution in [3.63, 3.8) is 0 Å². The molecule has 2 aromatic rings. The van der Waals surface area contributed by atoms with Gasteiger partial charge in [-0.3, -0.25) is 4.79 Å². The van der Waals surface area contributed by atoms with E-state index in [-0.39, 0.29) is 22.9 Å². The van der Waals surface area contributed by atoms with Crippen LogP contribution < -0.4 is 4.72 Å². The van der Waals surface area contributed by atoms with Gasteiger partial charge < -0.3 is 4.90 Å². The molecule has 0 aromatic heterocycles. The zero-order valence-corrected chi connectivity index (χ0v) is 16.8. The summed E-state index contributed by atoms with van der Waals surface area (Å²) in [5.41, 5.74) is 2.80. The number of nitrogens with zero attached hydrogens (tertiary/aromatic N) is 1. The lowest BCUT2D eigenvalue weighted by Gasteiger charge is -2.23. The first-order valence-electron chi connectivity index (χ1n) is 9.25. The second-order valence-electron chi connectivity index (χ2n) is 7.45. The zero-order valence-electron chi connectivity index (χ0n) is 16.0. The maximum atomic E-state index is 13.0. The average Bonchev–Trinajstić information content (AvgIpc) is 3.45. The van der Waals surface area contributed by atoms with Gasteiger partial charge in [0.15, 0.2) is 0 Å². The maximum absolute atomic E-state index is 13.0. The van der Waals surface area contributed by atoms with Crippen molar-refractivity contribution < 1.29 is 13.2 Å². The maximum Gasteiger partial charge on any atom is 0.254 e. The van der Waals surface area contributed by atoms with Crippen LogP contribution in [0, 0.1) is 6.92 Å². The van der Waals surface area contributed by atoms with Crippen molar-refractivity contribution in [2.75, 3.05) is 0 Å². The second-order valence-corrected chi connectivity index (χ2v) is 9.16. The predicted octanol–water partition coefficient (Wildman–Crippen LogP) is 3.49. The molecular formula is C21H26N2O3S. The summed E-state index contributed by atoms with van der Waals surface area (Å²) >= 11 is 0. The molecule has 3 rings (SSSR count). The summed E-state index contributed by atoms with van der Waals surface area (Å²) in [5.74, 6) is -0.0566. The first kappa shape index (κ1) is 19.6. The lowest BCUT2D eigenvalue weighted by molar-refractivity contribution is 0.0730. The first-order valence-corrected chi connectivity index (χ1v) is 10.7. The van der Waals surface area contributed by atoms with Gasteiger partial charge in [-0.2, -0.15) is 0 Å². The lowest BCUT2D eigenvalue weighted by atomic mass is 10.1. The van der Waals surface area contributed by atoms with Crippen molar-refractivity contribution in [2.45, 2.75) is 57.1 Å². The van der Waals surface area contributed by atoms with Gasteiger partial charge in [0.05, 0.1) is 4.90 Å². The Hall–Kier alpha value is -2.18. The van der Waals surface area contributed by atoms with E-state index in [2.05, 4.69) is 4.72 Å². The lowest BCUT2D eigenvalue weighted by Crippen LogP contribution is -2.33. The van der Waals surface area contributed by atoms with Crippen molar-refractivity contribution in [1.82, 2.24) is 9.62 Å². The standard InChI is InChI=1S/C21H26N2O3S/c1-15(2)22-27(25,26)20-12-8-18(9-13-20)21(24)23(19-10-11-19)14-17-6-4-16(3)5-7-17/h4-9,12-13,15,19,22H,10-11,14H2,1-3H3. The quantitative estimate of drug-likeness (QED) is 0.792. The fraction of sp³-hybridized carbons (Fsp3) is 0.381. The Morgan fingerprint density at radius 2 is 1.67 bits per heavy atom. The van der Waals surface area contributed by atoms with E-state index >= 15 is 0 Å². The fourth-order valence-corrected chi connectivity index (χ4v) is 4.22. The Bertz CT molecular complexity index is 899. The number of sulfonamides is 1. The number of carbonyl (C=O) groups excluding carboxylic acids is 1. The molecule has 5 nitrogen and oxygen atoms in total. The summed E-state index contributed by atoms with van der Waals surface area (Å²) in [6, 6.07) is 14.5. The molecule has 0 saturated heterocycles. The summed E-state index contributed by atoms with van der Waals surface area (Å²) in [6.07, 6.45) is 2.03. The molecule has 1 saturated carbocycles. The number of carbonyl (C=O) groups is 1. The van der Waals surface area contributed by atoms with E-state index in [0.717, 1.165) is 18.4 Å². The van der Waals surface area contributed by atoms with Crippen molar-refractivity contribution in [3.05, 3.63) is 65.2 Å². The summed E-state index contributed by atoms with van der Waals surface area (Å²) in [7, 11) is -3.55.